The van der Waals surface area contributed by atoms with Crippen molar-refractivity contribution in [1.82, 2.24) is 9.78 Å². The lowest BCUT2D eigenvalue weighted by atomic mass is 10.2. The zero-order valence-electron chi connectivity index (χ0n) is 9.47. The van der Waals surface area contributed by atoms with Gasteiger partial charge in [0.1, 0.15) is 23.9 Å². The number of aromatic nitrogens is 2. The van der Waals surface area contributed by atoms with Crippen LogP contribution < -0.4 is 10.5 Å². The lowest BCUT2D eigenvalue weighted by Gasteiger charge is -2.06. The molecule has 1 aromatic carbocycles. The SMILES string of the molecule is Cc1ccccc1OCc1cc(N)n(C)n1. The molecule has 0 saturated carbocycles. The smallest absolute Gasteiger partial charge is 0.132 e. The Kier molecular flexibility index (Phi) is 2.81. The predicted molar refractivity (Wildman–Crippen MR) is 63.1 cm³/mol. The normalized spacial score (nSPS) is 10.4. The number of nitrogen functional groups attached to an aromatic ring is 1. The highest BCUT2D eigenvalue weighted by atomic mass is 16.5. The van der Waals surface area contributed by atoms with Crippen LogP contribution in [0.15, 0.2) is 30.3 Å². The van der Waals surface area contributed by atoms with Crippen LogP contribution >= 0.6 is 0 Å². The molecule has 2 aromatic rings. The van der Waals surface area contributed by atoms with Gasteiger partial charge in [-0.2, -0.15) is 5.10 Å². The summed E-state index contributed by atoms with van der Waals surface area (Å²) in [4.78, 5) is 0. The number of hydrogen-bond acceptors (Lipinski definition) is 3. The van der Waals surface area contributed by atoms with Gasteiger partial charge in [0, 0.05) is 13.1 Å². The maximum Gasteiger partial charge on any atom is 0.132 e. The largest absolute Gasteiger partial charge is 0.487 e. The maximum absolute atomic E-state index is 5.68. The van der Waals surface area contributed by atoms with Crippen molar-refractivity contribution in [3.63, 3.8) is 0 Å². The van der Waals surface area contributed by atoms with E-state index in [2.05, 4.69) is 5.10 Å². The van der Waals surface area contributed by atoms with E-state index in [-0.39, 0.29) is 0 Å². The van der Waals surface area contributed by atoms with Crippen LogP contribution in [-0.4, -0.2) is 9.78 Å². The molecule has 0 aliphatic carbocycles. The molecule has 2 rings (SSSR count). The number of benzene rings is 1. The molecule has 0 aliphatic rings. The van der Waals surface area contributed by atoms with E-state index in [1.165, 1.54) is 0 Å². The Hall–Kier alpha value is -1.97. The maximum atomic E-state index is 5.68. The van der Waals surface area contributed by atoms with Gasteiger partial charge in [-0.25, -0.2) is 0 Å². The monoisotopic (exact) mass is 217 g/mol. The average molecular weight is 217 g/mol. The molecule has 0 amide bonds. The summed E-state index contributed by atoms with van der Waals surface area (Å²) in [5.74, 6) is 1.52. The number of nitrogens with zero attached hydrogens (tertiary/aromatic N) is 2. The van der Waals surface area contributed by atoms with Crippen molar-refractivity contribution in [3.8, 4) is 5.75 Å². The van der Waals surface area contributed by atoms with Crippen LogP contribution in [0.3, 0.4) is 0 Å². The van der Waals surface area contributed by atoms with Gasteiger partial charge in [0.25, 0.3) is 0 Å². The van der Waals surface area contributed by atoms with Crippen molar-refractivity contribution in [1.29, 1.82) is 0 Å². The number of hydrogen-bond donors (Lipinski definition) is 1. The van der Waals surface area contributed by atoms with Crippen molar-refractivity contribution in [2.75, 3.05) is 5.73 Å². The van der Waals surface area contributed by atoms with Gasteiger partial charge in [-0.3, -0.25) is 4.68 Å². The third-order valence-electron chi connectivity index (χ3n) is 2.44. The molecule has 0 bridgehead atoms. The second-order valence-electron chi connectivity index (χ2n) is 3.74. The van der Waals surface area contributed by atoms with Gasteiger partial charge in [0.15, 0.2) is 0 Å². The van der Waals surface area contributed by atoms with Gasteiger partial charge in [0.2, 0.25) is 0 Å². The minimum atomic E-state index is 0.440. The molecule has 0 saturated heterocycles. The quantitative estimate of drug-likeness (QED) is 0.854. The third kappa shape index (κ3) is 2.16. The second kappa shape index (κ2) is 4.26. The van der Waals surface area contributed by atoms with Crippen molar-refractivity contribution in [2.24, 2.45) is 7.05 Å². The van der Waals surface area contributed by atoms with Gasteiger partial charge >= 0.3 is 0 Å². The third-order valence-corrected chi connectivity index (χ3v) is 2.44. The molecule has 2 N–H and O–H groups in total. The number of anilines is 1. The number of nitrogens with two attached hydrogens (primary N) is 1. The summed E-state index contributed by atoms with van der Waals surface area (Å²) in [6.45, 7) is 2.46. The lowest BCUT2D eigenvalue weighted by molar-refractivity contribution is 0.298. The zero-order chi connectivity index (χ0) is 11.5. The van der Waals surface area contributed by atoms with E-state index in [0.29, 0.717) is 12.4 Å². The number of para-hydroxylation sites is 1. The molecule has 0 fully saturated rings. The van der Waals surface area contributed by atoms with Crippen LogP contribution in [0.1, 0.15) is 11.3 Å². The Morgan fingerprint density at radius 1 is 1.38 bits per heavy atom. The Bertz CT molecular complexity index is 471. The standard InChI is InChI=1S/C12H15N3O/c1-9-5-3-4-6-11(9)16-8-10-7-12(13)15(2)14-10/h3-7H,8,13H2,1-2H3. The topological polar surface area (TPSA) is 53.1 Å². The summed E-state index contributed by atoms with van der Waals surface area (Å²) in [6, 6.07) is 9.72. The van der Waals surface area contributed by atoms with E-state index in [1.807, 2.05) is 44.3 Å². The first-order valence-corrected chi connectivity index (χ1v) is 5.13. The van der Waals surface area contributed by atoms with Crippen LogP contribution in [0.4, 0.5) is 5.82 Å². The molecule has 0 atom stereocenters. The van der Waals surface area contributed by atoms with E-state index in [1.54, 1.807) is 4.68 Å². The molecule has 84 valence electrons. The number of aryl methyl sites for hydroxylation is 2. The molecule has 1 aromatic heterocycles. The van der Waals surface area contributed by atoms with Crippen molar-refractivity contribution in [2.45, 2.75) is 13.5 Å². The minimum absolute atomic E-state index is 0.440. The van der Waals surface area contributed by atoms with E-state index < -0.39 is 0 Å². The first-order valence-electron chi connectivity index (χ1n) is 5.13. The summed E-state index contributed by atoms with van der Waals surface area (Å²) >= 11 is 0. The summed E-state index contributed by atoms with van der Waals surface area (Å²) in [7, 11) is 1.81. The lowest BCUT2D eigenvalue weighted by Crippen LogP contribution is -1.99. The Morgan fingerprint density at radius 3 is 2.75 bits per heavy atom. The van der Waals surface area contributed by atoms with Crippen molar-refractivity contribution in [3.05, 3.63) is 41.6 Å². The second-order valence-corrected chi connectivity index (χ2v) is 3.74. The Balaban J connectivity index is 2.05. The molecule has 16 heavy (non-hydrogen) atoms. The van der Waals surface area contributed by atoms with Gasteiger partial charge < -0.3 is 10.5 Å². The Morgan fingerprint density at radius 2 is 2.12 bits per heavy atom. The van der Waals surface area contributed by atoms with Gasteiger partial charge in [-0.15, -0.1) is 0 Å². The molecule has 0 radical (unpaired) electrons. The van der Waals surface area contributed by atoms with Crippen LogP contribution in [-0.2, 0) is 13.7 Å². The molecule has 0 spiro atoms. The summed E-state index contributed by atoms with van der Waals surface area (Å²) in [5.41, 5.74) is 7.64. The first-order chi connectivity index (χ1) is 7.66. The molecule has 4 nitrogen and oxygen atoms in total. The molecule has 0 unspecified atom stereocenters. The van der Waals surface area contributed by atoms with Gasteiger partial charge in [-0.1, -0.05) is 18.2 Å². The number of ether oxygens (including phenoxy) is 1. The fourth-order valence-electron chi connectivity index (χ4n) is 1.48. The van der Waals surface area contributed by atoms with E-state index >= 15 is 0 Å². The number of rotatable bonds is 3. The van der Waals surface area contributed by atoms with Crippen molar-refractivity contribution < 1.29 is 4.74 Å². The van der Waals surface area contributed by atoms with E-state index in [0.717, 1.165) is 17.0 Å². The molecule has 1 heterocycles. The van der Waals surface area contributed by atoms with E-state index in [9.17, 15) is 0 Å². The molecule has 0 aliphatic heterocycles. The van der Waals surface area contributed by atoms with Crippen LogP contribution in [0, 0.1) is 6.92 Å². The zero-order valence-corrected chi connectivity index (χ0v) is 9.47. The first kappa shape index (κ1) is 10.5. The Labute approximate surface area is 94.6 Å². The minimum Gasteiger partial charge on any atom is -0.487 e. The van der Waals surface area contributed by atoms with Crippen LogP contribution in [0.25, 0.3) is 0 Å². The fraction of sp³-hybridized carbons (Fsp3) is 0.250. The predicted octanol–water partition coefficient (Wildman–Crippen LogP) is 1.89. The van der Waals surface area contributed by atoms with Crippen LogP contribution in [0.2, 0.25) is 0 Å². The average Bonchev–Trinajstić information content (AvgIpc) is 2.57. The summed E-state index contributed by atoms with van der Waals surface area (Å²) in [5, 5.41) is 4.22. The summed E-state index contributed by atoms with van der Waals surface area (Å²) in [6.07, 6.45) is 0. The van der Waals surface area contributed by atoms with E-state index in [4.69, 9.17) is 10.5 Å². The van der Waals surface area contributed by atoms with Crippen LogP contribution in [0.5, 0.6) is 5.75 Å². The molecule has 4 heteroatoms. The summed E-state index contributed by atoms with van der Waals surface area (Å²) < 4.78 is 7.30. The fourth-order valence-corrected chi connectivity index (χ4v) is 1.48. The van der Waals surface area contributed by atoms with Gasteiger partial charge in [0.05, 0.1) is 0 Å². The highest BCUT2D eigenvalue weighted by Crippen LogP contribution is 2.17. The van der Waals surface area contributed by atoms with Gasteiger partial charge in [-0.05, 0) is 18.6 Å². The molecular formula is C12H15N3O. The molecular weight excluding hydrogens is 202 g/mol. The highest BCUT2D eigenvalue weighted by Gasteiger charge is 2.03. The van der Waals surface area contributed by atoms with Crippen molar-refractivity contribution >= 4 is 5.82 Å². The highest BCUT2D eigenvalue weighted by molar-refractivity contribution is 5.33.